The molecule has 1 aliphatic rings. The third kappa shape index (κ3) is 1.61. The van der Waals surface area contributed by atoms with Crippen LogP contribution in [0, 0.1) is 0 Å². The minimum atomic E-state index is 0.0920. The fourth-order valence-electron chi connectivity index (χ4n) is 1.41. The molecule has 1 aliphatic heterocycles. The van der Waals surface area contributed by atoms with E-state index in [-0.39, 0.29) is 5.91 Å². The van der Waals surface area contributed by atoms with Crippen molar-refractivity contribution in [3.8, 4) is 0 Å². The SMILES string of the molecule is O=C(c1ccccc1)N1C=CCC1. The van der Waals surface area contributed by atoms with Crippen molar-refractivity contribution in [1.29, 1.82) is 0 Å². The lowest BCUT2D eigenvalue weighted by Crippen LogP contribution is -2.23. The number of nitrogens with zero attached hydrogens (tertiary/aromatic N) is 1. The highest BCUT2D eigenvalue weighted by molar-refractivity contribution is 5.95. The molecule has 1 heterocycles. The predicted molar refractivity (Wildman–Crippen MR) is 51.2 cm³/mol. The maximum absolute atomic E-state index is 11.7. The van der Waals surface area contributed by atoms with Gasteiger partial charge in [-0.2, -0.15) is 0 Å². The Labute approximate surface area is 77.5 Å². The van der Waals surface area contributed by atoms with Crippen LogP contribution in [0.3, 0.4) is 0 Å². The second-order valence-electron chi connectivity index (χ2n) is 3.04. The largest absolute Gasteiger partial charge is 0.315 e. The first kappa shape index (κ1) is 8.05. The van der Waals surface area contributed by atoms with Crippen LogP contribution in [0.25, 0.3) is 0 Å². The van der Waals surface area contributed by atoms with Gasteiger partial charge in [-0.1, -0.05) is 24.3 Å². The summed E-state index contributed by atoms with van der Waals surface area (Å²) in [6.07, 6.45) is 4.84. The summed E-state index contributed by atoms with van der Waals surface area (Å²) in [5.41, 5.74) is 0.758. The van der Waals surface area contributed by atoms with Gasteiger partial charge in [0, 0.05) is 18.3 Å². The Morgan fingerprint density at radius 1 is 1.23 bits per heavy atom. The van der Waals surface area contributed by atoms with Crippen LogP contribution < -0.4 is 0 Å². The standard InChI is InChI=1S/C11H11NO/c13-11(12-8-4-5-9-12)10-6-2-1-3-7-10/h1-4,6-8H,5,9H2. The first-order chi connectivity index (χ1) is 6.38. The summed E-state index contributed by atoms with van der Waals surface area (Å²) in [4.78, 5) is 13.5. The smallest absolute Gasteiger partial charge is 0.257 e. The molecular formula is C11H11NO. The fraction of sp³-hybridized carbons (Fsp3) is 0.182. The van der Waals surface area contributed by atoms with Crippen LogP contribution in [0.4, 0.5) is 0 Å². The summed E-state index contributed by atoms with van der Waals surface area (Å²) < 4.78 is 0. The second-order valence-corrected chi connectivity index (χ2v) is 3.04. The van der Waals surface area contributed by atoms with Crippen molar-refractivity contribution < 1.29 is 4.79 Å². The van der Waals surface area contributed by atoms with E-state index in [0.29, 0.717) is 0 Å². The zero-order valence-corrected chi connectivity index (χ0v) is 7.31. The van der Waals surface area contributed by atoms with Gasteiger partial charge < -0.3 is 4.90 Å². The van der Waals surface area contributed by atoms with Crippen molar-refractivity contribution >= 4 is 5.91 Å². The lowest BCUT2D eigenvalue weighted by molar-refractivity contribution is 0.0833. The topological polar surface area (TPSA) is 20.3 Å². The maximum atomic E-state index is 11.7. The zero-order chi connectivity index (χ0) is 9.10. The molecule has 1 aromatic rings. The molecule has 2 nitrogen and oxygen atoms in total. The Hall–Kier alpha value is -1.57. The number of hydrogen-bond donors (Lipinski definition) is 0. The van der Waals surface area contributed by atoms with Gasteiger partial charge in [0.05, 0.1) is 0 Å². The van der Waals surface area contributed by atoms with Crippen molar-refractivity contribution in [3.63, 3.8) is 0 Å². The molecule has 0 aromatic heterocycles. The first-order valence-corrected chi connectivity index (χ1v) is 4.40. The average molecular weight is 173 g/mol. The Morgan fingerprint density at radius 3 is 2.62 bits per heavy atom. The van der Waals surface area contributed by atoms with Crippen molar-refractivity contribution in [1.82, 2.24) is 4.90 Å². The fourth-order valence-corrected chi connectivity index (χ4v) is 1.41. The molecule has 1 aromatic carbocycles. The molecule has 0 radical (unpaired) electrons. The highest BCUT2D eigenvalue weighted by Gasteiger charge is 2.14. The van der Waals surface area contributed by atoms with Gasteiger partial charge in [-0.05, 0) is 18.6 Å². The van der Waals surface area contributed by atoms with Crippen LogP contribution in [0.15, 0.2) is 42.6 Å². The summed E-state index contributed by atoms with van der Waals surface area (Å²) in [5.74, 6) is 0.0920. The molecule has 2 rings (SSSR count). The average Bonchev–Trinajstić information content (AvgIpc) is 2.71. The molecule has 0 bridgehead atoms. The quantitative estimate of drug-likeness (QED) is 0.636. The van der Waals surface area contributed by atoms with Crippen molar-refractivity contribution in [2.45, 2.75) is 6.42 Å². The molecule has 0 fully saturated rings. The van der Waals surface area contributed by atoms with Crippen LogP contribution in [-0.4, -0.2) is 17.4 Å². The second kappa shape index (κ2) is 3.44. The van der Waals surface area contributed by atoms with Gasteiger partial charge in [-0.25, -0.2) is 0 Å². The molecule has 0 unspecified atom stereocenters. The number of amides is 1. The number of hydrogen-bond acceptors (Lipinski definition) is 1. The lowest BCUT2D eigenvalue weighted by atomic mass is 10.2. The number of carbonyl (C=O) groups excluding carboxylic acids is 1. The Kier molecular flexibility index (Phi) is 2.13. The molecule has 2 heteroatoms. The molecule has 0 N–H and O–H groups in total. The molecular weight excluding hydrogens is 162 g/mol. The zero-order valence-electron chi connectivity index (χ0n) is 7.31. The Morgan fingerprint density at radius 2 is 2.00 bits per heavy atom. The number of carbonyl (C=O) groups is 1. The van der Waals surface area contributed by atoms with E-state index in [1.165, 1.54) is 0 Å². The van der Waals surface area contributed by atoms with E-state index in [2.05, 4.69) is 0 Å². The minimum Gasteiger partial charge on any atom is -0.315 e. The van der Waals surface area contributed by atoms with E-state index in [1.807, 2.05) is 42.6 Å². The third-order valence-electron chi connectivity index (χ3n) is 2.10. The van der Waals surface area contributed by atoms with Gasteiger partial charge in [0.15, 0.2) is 0 Å². The monoisotopic (exact) mass is 173 g/mol. The molecule has 0 saturated heterocycles. The summed E-state index contributed by atoms with van der Waals surface area (Å²) in [5, 5.41) is 0. The van der Waals surface area contributed by atoms with Crippen LogP contribution >= 0.6 is 0 Å². The Balaban J connectivity index is 2.18. The van der Waals surface area contributed by atoms with E-state index < -0.39 is 0 Å². The van der Waals surface area contributed by atoms with Crippen LogP contribution in [0.5, 0.6) is 0 Å². The maximum Gasteiger partial charge on any atom is 0.257 e. The van der Waals surface area contributed by atoms with Crippen molar-refractivity contribution in [2.75, 3.05) is 6.54 Å². The van der Waals surface area contributed by atoms with E-state index in [0.717, 1.165) is 18.5 Å². The summed E-state index contributed by atoms with van der Waals surface area (Å²) in [7, 11) is 0. The normalized spacial score (nSPS) is 14.9. The molecule has 0 atom stereocenters. The van der Waals surface area contributed by atoms with Gasteiger partial charge in [0.1, 0.15) is 0 Å². The van der Waals surface area contributed by atoms with Crippen LogP contribution in [-0.2, 0) is 0 Å². The van der Waals surface area contributed by atoms with E-state index >= 15 is 0 Å². The van der Waals surface area contributed by atoms with E-state index in [9.17, 15) is 4.79 Å². The van der Waals surface area contributed by atoms with Gasteiger partial charge in [0.2, 0.25) is 0 Å². The molecule has 0 spiro atoms. The lowest BCUT2D eigenvalue weighted by Gasteiger charge is -2.12. The predicted octanol–water partition coefficient (Wildman–Crippen LogP) is 2.05. The summed E-state index contributed by atoms with van der Waals surface area (Å²) in [6.45, 7) is 0.813. The van der Waals surface area contributed by atoms with E-state index in [4.69, 9.17) is 0 Å². The van der Waals surface area contributed by atoms with Gasteiger partial charge in [-0.3, -0.25) is 4.79 Å². The highest BCUT2D eigenvalue weighted by Crippen LogP contribution is 2.10. The molecule has 0 aliphatic carbocycles. The Bertz CT molecular complexity index is 329. The third-order valence-corrected chi connectivity index (χ3v) is 2.10. The number of benzene rings is 1. The van der Waals surface area contributed by atoms with Gasteiger partial charge in [0.25, 0.3) is 5.91 Å². The van der Waals surface area contributed by atoms with E-state index in [1.54, 1.807) is 4.90 Å². The van der Waals surface area contributed by atoms with Crippen LogP contribution in [0.2, 0.25) is 0 Å². The summed E-state index contributed by atoms with van der Waals surface area (Å²) in [6, 6.07) is 9.36. The van der Waals surface area contributed by atoms with Crippen LogP contribution in [0.1, 0.15) is 16.8 Å². The van der Waals surface area contributed by atoms with Crippen molar-refractivity contribution in [3.05, 3.63) is 48.2 Å². The van der Waals surface area contributed by atoms with Gasteiger partial charge >= 0.3 is 0 Å². The first-order valence-electron chi connectivity index (χ1n) is 4.40. The molecule has 13 heavy (non-hydrogen) atoms. The summed E-state index contributed by atoms with van der Waals surface area (Å²) >= 11 is 0. The highest BCUT2D eigenvalue weighted by atomic mass is 16.2. The number of rotatable bonds is 1. The molecule has 0 saturated carbocycles. The molecule has 66 valence electrons. The minimum absolute atomic E-state index is 0.0920. The van der Waals surface area contributed by atoms with Crippen molar-refractivity contribution in [2.24, 2.45) is 0 Å². The molecule has 1 amide bonds. The van der Waals surface area contributed by atoms with Gasteiger partial charge in [-0.15, -0.1) is 0 Å².